The van der Waals surface area contributed by atoms with Gasteiger partial charge in [0.05, 0.1) is 19.2 Å². The van der Waals surface area contributed by atoms with E-state index < -0.39 is 0 Å². The van der Waals surface area contributed by atoms with Gasteiger partial charge >= 0.3 is 0 Å². The Morgan fingerprint density at radius 2 is 2.10 bits per heavy atom. The second kappa shape index (κ2) is 8.34. The molecule has 150 valence electrons. The lowest BCUT2D eigenvalue weighted by Gasteiger charge is -2.31. The van der Waals surface area contributed by atoms with Crippen LogP contribution in [0.4, 0.5) is 0 Å². The van der Waals surface area contributed by atoms with E-state index in [0.717, 1.165) is 29.9 Å². The Kier molecular flexibility index (Phi) is 5.46. The van der Waals surface area contributed by atoms with Crippen molar-refractivity contribution in [3.63, 3.8) is 0 Å². The maximum Gasteiger partial charge on any atom is 0.270 e. The molecule has 0 spiro atoms. The van der Waals surface area contributed by atoms with Gasteiger partial charge < -0.3 is 19.0 Å². The average molecular weight is 393 g/mol. The lowest BCUT2D eigenvalue weighted by atomic mass is 9.97. The van der Waals surface area contributed by atoms with Gasteiger partial charge in [-0.2, -0.15) is 0 Å². The van der Waals surface area contributed by atoms with E-state index in [4.69, 9.17) is 9.15 Å². The van der Waals surface area contributed by atoms with Gasteiger partial charge in [-0.15, -0.1) is 0 Å². The SMILES string of the molecule is COc1ccc(Cc2cnc(C3CCCN(C(=O)c4cccc(=O)[nH]4)C3)o2)cc1. The normalized spacial score (nSPS) is 16.6. The number of amides is 1. The standard InChI is InChI=1S/C22H23N3O4/c1-28-17-9-7-15(8-10-17)12-18-13-23-21(29-18)16-4-3-11-25(14-16)22(27)19-5-2-6-20(26)24-19/h2,5-10,13,16H,3-4,11-12,14H2,1H3,(H,24,26). The molecule has 0 saturated carbocycles. The van der Waals surface area contributed by atoms with Crippen molar-refractivity contribution in [1.82, 2.24) is 14.9 Å². The molecular weight excluding hydrogens is 370 g/mol. The van der Waals surface area contributed by atoms with Gasteiger partial charge in [0.25, 0.3) is 5.91 Å². The molecule has 7 heteroatoms. The highest BCUT2D eigenvalue weighted by molar-refractivity contribution is 5.92. The van der Waals surface area contributed by atoms with E-state index in [1.165, 1.54) is 6.07 Å². The van der Waals surface area contributed by atoms with Crippen molar-refractivity contribution in [2.24, 2.45) is 0 Å². The molecule has 3 aromatic rings. The number of nitrogens with one attached hydrogen (secondary N) is 1. The molecule has 1 aliphatic rings. The van der Waals surface area contributed by atoms with Crippen molar-refractivity contribution < 1.29 is 13.9 Å². The van der Waals surface area contributed by atoms with Gasteiger partial charge in [0.2, 0.25) is 5.56 Å². The number of aromatic amines is 1. The molecule has 0 bridgehead atoms. The number of benzene rings is 1. The van der Waals surface area contributed by atoms with Gasteiger partial charge in [0, 0.05) is 25.6 Å². The molecule has 1 amide bonds. The number of hydrogen-bond donors (Lipinski definition) is 1. The zero-order chi connectivity index (χ0) is 20.2. The summed E-state index contributed by atoms with van der Waals surface area (Å²) in [5.41, 5.74) is 1.15. The molecule has 1 atom stereocenters. The van der Waals surface area contributed by atoms with E-state index in [-0.39, 0.29) is 17.4 Å². The number of nitrogens with zero attached hydrogens (tertiary/aromatic N) is 2. The second-order valence-electron chi connectivity index (χ2n) is 7.21. The van der Waals surface area contributed by atoms with E-state index in [2.05, 4.69) is 9.97 Å². The summed E-state index contributed by atoms with van der Waals surface area (Å²) in [5.74, 6) is 2.15. The summed E-state index contributed by atoms with van der Waals surface area (Å²) < 4.78 is 11.2. The summed E-state index contributed by atoms with van der Waals surface area (Å²) in [6.07, 6.45) is 4.19. The van der Waals surface area contributed by atoms with Crippen LogP contribution in [-0.2, 0) is 6.42 Å². The third-order valence-corrected chi connectivity index (χ3v) is 5.17. The molecule has 0 radical (unpaired) electrons. The molecule has 1 saturated heterocycles. The number of piperidine rings is 1. The predicted octanol–water partition coefficient (Wildman–Crippen LogP) is 2.98. The highest BCUT2D eigenvalue weighted by atomic mass is 16.5. The summed E-state index contributed by atoms with van der Waals surface area (Å²) in [5, 5.41) is 0. The van der Waals surface area contributed by atoms with Crippen molar-refractivity contribution in [2.45, 2.75) is 25.2 Å². The Morgan fingerprint density at radius 1 is 1.28 bits per heavy atom. The van der Waals surface area contributed by atoms with Gasteiger partial charge in [0.1, 0.15) is 17.2 Å². The van der Waals surface area contributed by atoms with Crippen LogP contribution in [-0.4, -0.2) is 41.0 Å². The van der Waals surface area contributed by atoms with Crippen molar-refractivity contribution in [3.8, 4) is 5.75 Å². The van der Waals surface area contributed by atoms with Gasteiger partial charge in [-0.25, -0.2) is 4.98 Å². The Hall–Kier alpha value is -3.35. The van der Waals surface area contributed by atoms with Crippen molar-refractivity contribution in [1.29, 1.82) is 0 Å². The smallest absolute Gasteiger partial charge is 0.270 e. The maximum absolute atomic E-state index is 12.7. The number of ether oxygens (including phenoxy) is 1. The van der Waals surface area contributed by atoms with Gasteiger partial charge in [-0.1, -0.05) is 18.2 Å². The van der Waals surface area contributed by atoms with Gasteiger partial charge in [0.15, 0.2) is 5.89 Å². The number of pyridine rings is 1. The van der Waals surface area contributed by atoms with Crippen LogP contribution in [0, 0.1) is 0 Å². The number of carbonyl (C=O) groups is 1. The summed E-state index contributed by atoms with van der Waals surface area (Å²) in [6.45, 7) is 1.18. The first-order chi connectivity index (χ1) is 14.1. The predicted molar refractivity (Wildman–Crippen MR) is 107 cm³/mol. The maximum atomic E-state index is 12.7. The third kappa shape index (κ3) is 4.39. The van der Waals surface area contributed by atoms with Crippen LogP contribution >= 0.6 is 0 Å². The number of rotatable bonds is 5. The first-order valence-corrected chi connectivity index (χ1v) is 9.68. The minimum Gasteiger partial charge on any atom is -0.497 e. The Balaban J connectivity index is 1.43. The zero-order valence-electron chi connectivity index (χ0n) is 16.3. The molecule has 1 fully saturated rings. The molecule has 1 unspecified atom stereocenters. The van der Waals surface area contributed by atoms with Crippen molar-refractivity contribution in [2.75, 3.05) is 20.2 Å². The second-order valence-corrected chi connectivity index (χ2v) is 7.21. The fourth-order valence-corrected chi connectivity index (χ4v) is 3.64. The molecule has 29 heavy (non-hydrogen) atoms. The number of carbonyl (C=O) groups excluding carboxylic acids is 1. The van der Waals surface area contributed by atoms with Crippen molar-refractivity contribution in [3.05, 3.63) is 81.9 Å². The molecule has 4 rings (SSSR count). The van der Waals surface area contributed by atoms with Crippen LogP contribution in [0.25, 0.3) is 0 Å². The Morgan fingerprint density at radius 3 is 2.86 bits per heavy atom. The molecule has 7 nitrogen and oxygen atoms in total. The van der Waals surface area contributed by atoms with Gasteiger partial charge in [-0.3, -0.25) is 9.59 Å². The number of aromatic nitrogens is 2. The van der Waals surface area contributed by atoms with Crippen LogP contribution < -0.4 is 10.3 Å². The van der Waals surface area contributed by atoms with E-state index in [1.54, 1.807) is 30.3 Å². The summed E-state index contributed by atoms with van der Waals surface area (Å²) in [4.78, 5) is 33.0. The summed E-state index contributed by atoms with van der Waals surface area (Å²) >= 11 is 0. The van der Waals surface area contributed by atoms with E-state index in [1.807, 2.05) is 24.3 Å². The first-order valence-electron chi connectivity index (χ1n) is 9.68. The number of likely N-dealkylation sites (tertiary alicyclic amines) is 1. The molecule has 3 heterocycles. The lowest BCUT2D eigenvalue weighted by Crippen LogP contribution is -2.40. The largest absolute Gasteiger partial charge is 0.497 e. The van der Waals surface area contributed by atoms with Gasteiger partial charge in [-0.05, 0) is 36.6 Å². The molecule has 1 aromatic carbocycles. The first kappa shape index (κ1) is 19.0. The fraction of sp³-hybridized carbons (Fsp3) is 0.318. The quantitative estimate of drug-likeness (QED) is 0.720. The minimum atomic E-state index is -0.278. The number of methoxy groups -OCH3 is 1. The molecule has 0 aliphatic carbocycles. The summed E-state index contributed by atoms with van der Waals surface area (Å²) in [7, 11) is 1.64. The molecule has 1 N–H and O–H groups in total. The highest BCUT2D eigenvalue weighted by Crippen LogP contribution is 2.28. The number of oxazole rings is 1. The van der Waals surface area contributed by atoms with Crippen molar-refractivity contribution >= 4 is 5.91 Å². The molecular formula is C22H23N3O4. The summed E-state index contributed by atoms with van der Waals surface area (Å²) in [6, 6.07) is 12.5. The highest BCUT2D eigenvalue weighted by Gasteiger charge is 2.28. The van der Waals surface area contributed by atoms with Crippen LogP contribution in [0.3, 0.4) is 0 Å². The van der Waals surface area contributed by atoms with Crippen LogP contribution in [0.15, 0.2) is 57.9 Å². The zero-order valence-corrected chi connectivity index (χ0v) is 16.3. The van der Waals surface area contributed by atoms with E-state index in [0.29, 0.717) is 31.1 Å². The lowest BCUT2D eigenvalue weighted by molar-refractivity contribution is 0.0691. The number of H-pyrrole nitrogens is 1. The third-order valence-electron chi connectivity index (χ3n) is 5.17. The average Bonchev–Trinajstić information content (AvgIpc) is 3.22. The fourth-order valence-electron chi connectivity index (χ4n) is 3.64. The minimum absolute atomic E-state index is 0.0488. The monoisotopic (exact) mass is 393 g/mol. The van der Waals surface area contributed by atoms with Crippen LogP contribution in [0.2, 0.25) is 0 Å². The molecule has 1 aliphatic heterocycles. The Bertz CT molecular complexity index is 1040. The van der Waals surface area contributed by atoms with E-state index in [9.17, 15) is 9.59 Å². The van der Waals surface area contributed by atoms with E-state index >= 15 is 0 Å². The van der Waals surface area contributed by atoms with Crippen LogP contribution in [0.5, 0.6) is 5.75 Å². The number of hydrogen-bond acceptors (Lipinski definition) is 5. The van der Waals surface area contributed by atoms with Crippen LogP contribution in [0.1, 0.15) is 46.5 Å². The topological polar surface area (TPSA) is 88.4 Å². The Labute approximate surface area is 168 Å². The molecule has 2 aromatic heterocycles.